The fraction of sp³-hybridized carbons (Fsp3) is 0.368. The number of benzene rings is 1. The van der Waals surface area contributed by atoms with E-state index in [4.69, 9.17) is 4.74 Å². The summed E-state index contributed by atoms with van der Waals surface area (Å²) >= 11 is 0. The molecule has 0 saturated carbocycles. The summed E-state index contributed by atoms with van der Waals surface area (Å²) in [4.78, 5) is 41.7. The first-order valence-corrected chi connectivity index (χ1v) is 8.96. The van der Waals surface area contributed by atoms with Crippen LogP contribution in [0.5, 0.6) is 5.75 Å². The Morgan fingerprint density at radius 3 is 2.54 bits per heavy atom. The van der Waals surface area contributed by atoms with E-state index in [2.05, 4.69) is 10.3 Å². The average molecular weight is 385 g/mol. The Morgan fingerprint density at radius 1 is 1.21 bits per heavy atom. The van der Waals surface area contributed by atoms with E-state index in [9.17, 15) is 14.4 Å². The number of amides is 1. The first-order chi connectivity index (χ1) is 13.3. The molecular weight excluding hydrogens is 362 g/mol. The molecule has 1 aromatic carbocycles. The van der Waals surface area contributed by atoms with Gasteiger partial charge in [-0.05, 0) is 31.5 Å². The lowest BCUT2D eigenvalue weighted by molar-refractivity contribution is -0.122. The molecule has 0 aliphatic rings. The van der Waals surface area contributed by atoms with E-state index in [-0.39, 0.29) is 23.8 Å². The van der Waals surface area contributed by atoms with Crippen LogP contribution >= 0.6 is 0 Å². The molecule has 2 heterocycles. The molecule has 1 N–H and O–H groups in total. The normalized spacial score (nSPS) is 12.1. The van der Waals surface area contributed by atoms with Gasteiger partial charge in [-0.15, -0.1) is 0 Å². The van der Waals surface area contributed by atoms with Crippen molar-refractivity contribution in [1.29, 1.82) is 0 Å². The molecule has 0 radical (unpaired) electrons. The van der Waals surface area contributed by atoms with Crippen LogP contribution in [0.1, 0.15) is 25.5 Å². The zero-order chi connectivity index (χ0) is 20.4. The van der Waals surface area contributed by atoms with E-state index in [1.165, 1.54) is 22.5 Å². The van der Waals surface area contributed by atoms with Gasteiger partial charge in [0.1, 0.15) is 12.3 Å². The predicted octanol–water partition coefficient (Wildman–Crippen LogP) is 0.710. The third kappa shape index (κ3) is 3.55. The van der Waals surface area contributed by atoms with Gasteiger partial charge < -0.3 is 14.6 Å². The number of aromatic nitrogens is 4. The minimum Gasteiger partial charge on any atom is -0.494 e. The summed E-state index contributed by atoms with van der Waals surface area (Å²) in [6.07, 6.45) is 1.46. The van der Waals surface area contributed by atoms with E-state index in [0.717, 1.165) is 15.9 Å². The van der Waals surface area contributed by atoms with Gasteiger partial charge in [0.05, 0.1) is 19.0 Å². The standard InChI is InChI=1S/C19H23N5O4/c1-5-28-14-8-6-13(7-9-14)12(2)21-15(25)10-24-18(26)16-17(20-11-22(16)3)23(4)19(24)27/h6-9,11-12H,5,10H2,1-4H3,(H,21,25)/t12-/m1/s1. The monoisotopic (exact) mass is 385 g/mol. The first-order valence-electron chi connectivity index (χ1n) is 8.96. The Labute approximate surface area is 161 Å². The number of ether oxygens (including phenoxy) is 1. The van der Waals surface area contributed by atoms with Crippen molar-refractivity contribution in [2.45, 2.75) is 26.4 Å². The molecule has 9 nitrogen and oxygen atoms in total. The molecule has 0 fully saturated rings. The summed E-state index contributed by atoms with van der Waals surface area (Å²) < 4.78 is 9.13. The Bertz CT molecular complexity index is 1120. The van der Waals surface area contributed by atoms with Crippen LogP contribution in [-0.4, -0.2) is 31.2 Å². The van der Waals surface area contributed by atoms with Crippen LogP contribution < -0.4 is 21.3 Å². The Morgan fingerprint density at radius 2 is 1.89 bits per heavy atom. The minimum absolute atomic E-state index is 0.273. The van der Waals surface area contributed by atoms with E-state index in [1.807, 2.05) is 38.1 Å². The molecule has 9 heteroatoms. The molecule has 0 saturated heterocycles. The fourth-order valence-corrected chi connectivity index (χ4v) is 3.07. The summed E-state index contributed by atoms with van der Waals surface area (Å²) in [5.74, 6) is 0.325. The van der Waals surface area contributed by atoms with E-state index in [0.29, 0.717) is 6.61 Å². The molecule has 1 amide bonds. The molecule has 148 valence electrons. The van der Waals surface area contributed by atoms with E-state index < -0.39 is 17.2 Å². The molecule has 0 spiro atoms. The third-order valence-electron chi connectivity index (χ3n) is 4.57. The van der Waals surface area contributed by atoms with Gasteiger partial charge in [-0.25, -0.2) is 14.3 Å². The second-order valence-corrected chi connectivity index (χ2v) is 6.55. The lowest BCUT2D eigenvalue weighted by atomic mass is 10.1. The number of aryl methyl sites for hydroxylation is 2. The number of carbonyl (C=O) groups is 1. The maximum absolute atomic E-state index is 12.7. The van der Waals surface area contributed by atoms with E-state index in [1.54, 1.807) is 7.05 Å². The van der Waals surface area contributed by atoms with E-state index >= 15 is 0 Å². The molecule has 28 heavy (non-hydrogen) atoms. The summed E-state index contributed by atoms with van der Waals surface area (Å²) in [5.41, 5.74) is 0.326. The molecular formula is C19H23N5O4. The van der Waals surface area contributed by atoms with Gasteiger partial charge in [-0.1, -0.05) is 12.1 Å². The smallest absolute Gasteiger partial charge is 0.332 e. The number of hydrogen-bond acceptors (Lipinski definition) is 5. The van der Waals surface area contributed by atoms with Crippen molar-refractivity contribution in [3.05, 3.63) is 57.0 Å². The topological polar surface area (TPSA) is 100 Å². The number of carbonyl (C=O) groups excluding carboxylic acids is 1. The van der Waals surface area contributed by atoms with Gasteiger partial charge in [0.25, 0.3) is 5.56 Å². The molecule has 0 aliphatic heterocycles. The average Bonchev–Trinajstić information content (AvgIpc) is 3.06. The second kappa shape index (κ2) is 7.71. The minimum atomic E-state index is -0.583. The number of fused-ring (bicyclic) bond motifs is 1. The van der Waals surface area contributed by atoms with Crippen molar-refractivity contribution in [1.82, 2.24) is 24.0 Å². The largest absolute Gasteiger partial charge is 0.494 e. The predicted molar refractivity (Wildman–Crippen MR) is 104 cm³/mol. The highest BCUT2D eigenvalue weighted by Gasteiger charge is 2.18. The fourth-order valence-electron chi connectivity index (χ4n) is 3.07. The third-order valence-corrected chi connectivity index (χ3v) is 4.57. The van der Waals surface area contributed by atoms with Crippen LogP contribution in [0, 0.1) is 0 Å². The molecule has 3 aromatic rings. The van der Waals surface area contributed by atoms with Gasteiger partial charge >= 0.3 is 5.69 Å². The molecule has 0 bridgehead atoms. The lowest BCUT2D eigenvalue weighted by Crippen LogP contribution is -2.43. The van der Waals surface area contributed by atoms with Gasteiger partial charge in [0, 0.05) is 14.1 Å². The van der Waals surface area contributed by atoms with Crippen LogP contribution in [0.3, 0.4) is 0 Å². The molecule has 2 aromatic heterocycles. The van der Waals surface area contributed by atoms with Gasteiger partial charge in [-0.2, -0.15) is 0 Å². The van der Waals surface area contributed by atoms with Crippen molar-refractivity contribution in [3.8, 4) is 5.75 Å². The number of hydrogen-bond donors (Lipinski definition) is 1. The highest BCUT2D eigenvalue weighted by atomic mass is 16.5. The number of nitrogens with one attached hydrogen (secondary N) is 1. The number of rotatable bonds is 6. The summed E-state index contributed by atoms with van der Waals surface area (Å²) in [7, 11) is 3.19. The van der Waals surface area contributed by atoms with Crippen molar-refractivity contribution >= 4 is 17.1 Å². The lowest BCUT2D eigenvalue weighted by Gasteiger charge is -2.16. The van der Waals surface area contributed by atoms with Crippen molar-refractivity contribution < 1.29 is 9.53 Å². The Balaban J connectivity index is 1.80. The summed E-state index contributed by atoms with van der Waals surface area (Å²) in [6.45, 7) is 3.95. The highest BCUT2D eigenvalue weighted by Crippen LogP contribution is 2.17. The second-order valence-electron chi connectivity index (χ2n) is 6.55. The van der Waals surface area contributed by atoms with Crippen LogP contribution in [0.2, 0.25) is 0 Å². The van der Waals surface area contributed by atoms with Crippen molar-refractivity contribution in [3.63, 3.8) is 0 Å². The summed E-state index contributed by atoms with van der Waals surface area (Å²) in [5, 5.41) is 2.82. The zero-order valence-electron chi connectivity index (χ0n) is 16.3. The Hall–Kier alpha value is -3.36. The zero-order valence-corrected chi connectivity index (χ0v) is 16.3. The maximum atomic E-state index is 12.7. The van der Waals surface area contributed by atoms with Crippen LogP contribution in [0.25, 0.3) is 11.2 Å². The van der Waals surface area contributed by atoms with Crippen LogP contribution in [0.15, 0.2) is 40.2 Å². The van der Waals surface area contributed by atoms with Crippen molar-refractivity contribution in [2.24, 2.45) is 14.1 Å². The maximum Gasteiger partial charge on any atom is 0.332 e. The van der Waals surface area contributed by atoms with Gasteiger partial charge in [-0.3, -0.25) is 14.2 Å². The SMILES string of the molecule is CCOc1ccc([C@@H](C)NC(=O)Cn2c(=O)c3c(ncn3C)n(C)c2=O)cc1. The van der Waals surface area contributed by atoms with Gasteiger partial charge in [0.2, 0.25) is 5.91 Å². The number of imidazole rings is 1. The van der Waals surface area contributed by atoms with Crippen molar-refractivity contribution in [2.75, 3.05) is 6.61 Å². The summed E-state index contributed by atoms with van der Waals surface area (Å²) in [6, 6.07) is 7.10. The first kappa shape index (κ1) is 19.4. The molecule has 0 aliphatic carbocycles. The Kier molecular flexibility index (Phi) is 5.34. The molecule has 1 atom stereocenters. The highest BCUT2D eigenvalue weighted by molar-refractivity contribution is 5.77. The van der Waals surface area contributed by atoms with Crippen LogP contribution in [0.4, 0.5) is 0 Å². The molecule has 0 unspecified atom stereocenters. The van der Waals surface area contributed by atoms with Gasteiger partial charge in [0.15, 0.2) is 11.2 Å². The quantitative estimate of drug-likeness (QED) is 0.674. The number of nitrogens with zero attached hydrogens (tertiary/aromatic N) is 4. The van der Waals surface area contributed by atoms with Crippen LogP contribution in [-0.2, 0) is 25.4 Å². The molecule has 3 rings (SSSR count).